The molecule has 0 radical (unpaired) electrons. The summed E-state index contributed by atoms with van der Waals surface area (Å²) in [5, 5.41) is 2.00. The summed E-state index contributed by atoms with van der Waals surface area (Å²) in [7, 11) is 0. The van der Waals surface area contributed by atoms with Crippen molar-refractivity contribution in [1.82, 2.24) is 4.98 Å². The highest BCUT2D eigenvalue weighted by Gasteiger charge is 2.10. The molecule has 2 aromatic carbocycles. The molecule has 20 heavy (non-hydrogen) atoms. The van der Waals surface area contributed by atoms with Crippen LogP contribution in [0, 0.1) is 6.92 Å². The molecule has 0 N–H and O–H groups in total. The number of fused-ring (bicyclic) bond motifs is 4. The molecular weight excluding hydrogens is 250 g/mol. The van der Waals surface area contributed by atoms with Gasteiger partial charge in [-0.25, -0.2) is 0 Å². The third-order valence-corrected chi connectivity index (χ3v) is 3.56. The van der Waals surface area contributed by atoms with E-state index in [-0.39, 0.29) is 5.43 Å². The molecule has 0 saturated carbocycles. The van der Waals surface area contributed by atoms with E-state index in [4.69, 9.17) is 4.42 Å². The maximum atomic E-state index is 12.5. The van der Waals surface area contributed by atoms with Gasteiger partial charge >= 0.3 is 0 Å². The van der Waals surface area contributed by atoms with Crippen LogP contribution in [0.2, 0.25) is 0 Å². The molecule has 4 aromatic rings. The molecule has 0 fully saturated rings. The number of pyridine rings is 1. The van der Waals surface area contributed by atoms with E-state index in [0.29, 0.717) is 21.9 Å². The highest BCUT2D eigenvalue weighted by molar-refractivity contribution is 6.04. The lowest BCUT2D eigenvalue weighted by Gasteiger charge is -2.05. The van der Waals surface area contributed by atoms with E-state index in [1.54, 1.807) is 12.3 Å². The maximum absolute atomic E-state index is 12.5. The van der Waals surface area contributed by atoms with E-state index in [0.717, 1.165) is 16.5 Å². The van der Waals surface area contributed by atoms with Crippen molar-refractivity contribution < 1.29 is 4.42 Å². The summed E-state index contributed by atoms with van der Waals surface area (Å²) in [4.78, 5) is 16.9. The zero-order chi connectivity index (χ0) is 13.7. The maximum Gasteiger partial charge on any atom is 0.202 e. The van der Waals surface area contributed by atoms with Crippen LogP contribution < -0.4 is 5.43 Å². The van der Waals surface area contributed by atoms with Crippen molar-refractivity contribution in [3.8, 4) is 0 Å². The van der Waals surface area contributed by atoms with Crippen LogP contribution in [0.3, 0.4) is 0 Å². The van der Waals surface area contributed by atoms with Gasteiger partial charge in [0.1, 0.15) is 11.2 Å². The lowest BCUT2D eigenvalue weighted by atomic mass is 10.1. The minimum atomic E-state index is -0.0299. The fourth-order valence-electron chi connectivity index (χ4n) is 2.55. The predicted molar refractivity (Wildman–Crippen MR) is 80.0 cm³/mol. The summed E-state index contributed by atoms with van der Waals surface area (Å²) in [6.45, 7) is 2.01. The van der Waals surface area contributed by atoms with Crippen LogP contribution in [0.25, 0.3) is 32.8 Å². The summed E-state index contributed by atoms with van der Waals surface area (Å²) in [6.07, 6.45) is 1.60. The number of aromatic nitrogens is 1. The Morgan fingerprint density at radius 3 is 2.75 bits per heavy atom. The van der Waals surface area contributed by atoms with Crippen LogP contribution in [-0.2, 0) is 0 Å². The lowest BCUT2D eigenvalue weighted by molar-refractivity contribution is 0.663. The SMILES string of the molecule is Cc1ccc2ncc3c(=O)c4ccccc4oc3c2c1. The third kappa shape index (κ3) is 1.46. The summed E-state index contributed by atoms with van der Waals surface area (Å²) >= 11 is 0. The third-order valence-electron chi connectivity index (χ3n) is 3.56. The first-order chi connectivity index (χ1) is 9.74. The first-order valence-corrected chi connectivity index (χ1v) is 6.45. The van der Waals surface area contributed by atoms with E-state index in [2.05, 4.69) is 4.98 Å². The van der Waals surface area contributed by atoms with Gasteiger partial charge in [-0.05, 0) is 31.2 Å². The standard InChI is InChI=1S/C17H11NO2/c1-10-6-7-14-12(8-10)17-13(9-18-14)16(19)11-4-2-3-5-15(11)20-17/h2-9H,1H3. The zero-order valence-corrected chi connectivity index (χ0v) is 10.9. The van der Waals surface area contributed by atoms with Gasteiger partial charge < -0.3 is 4.42 Å². The molecule has 3 heteroatoms. The van der Waals surface area contributed by atoms with Gasteiger partial charge in [0.05, 0.1) is 16.3 Å². The van der Waals surface area contributed by atoms with E-state index < -0.39 is 0 Å². The van der Waals surface area contributed by atoms with Gasteiger partial charge in [0.2, 0.25) is 5.43 Å². The van der Waals surface area contributed by atoms with Crippen LogP contribution in [0.4, 0.5) is 0 Å². The second-order valence-electron chi connectivity index (χ2n) is 4.95. The van der Waals surface area contributed by atoms with E-state index in [9.17, 15) is 4.79 Å². The molecule has 3 nitrogen and oxygen atoms in total. The van der Waals surface area contributed by atoms with E-state index in [1.807, 2.05) is 43.3 Å². The molecule has 4 rings (SSSR count). The van der Waals surface area contributed by atoms with Crippen molar-refractivity contribution in [2.24, 2.45) is 0 Å². The number of nitrogens with zero attached hydrogens (tertiary/aromatic N) is 1. The fraction of sp³-hybridized carbons (Fsp3) is 0.0588. The molecule has 0 aliphatic heterocycles. The Hall–Kier alpha value is -2.68. The minimum Gasteiger partial charge on any atom is -0.455 e. The van der Waals surface area contributed by atoms with Crippen molar-refractivity contribution in [2.75, 3.05) is 0 Å². The number of rotatable bonds is 0. The number of hydrogen-bond acceptors (Lipinski definition) is 3. The topological polar surface area (TPSA) is 43.1 Å². The Kier molecular flexibility index (Phi) is 2.18. The first-order valence-electron chi connectivity index (χ1n) is 6.45. The Morgan fingerprint density at radius 1 is 1.00 bits per heavy atom. The van der Waals surface area contributed by atoms with Gasteiger partial charge in [0, 0.05) is 11.6 Å². The highest BCUT2D eigenvalue weighted by Crippen LogP contribution is 2.25. The fourth-order valence-corrected chi connectivity index (χ4v) is 2.55. The molecule has 0 bridgehead atoms. The Morgan fingerprint density at radius 2 is 1.85 bits per heavy atom. The van der Waals surface area contributed by atoms with Crippen molar-refractivity contribution in [3.05, 3.63) is 64.4 Å². The molecule has 0 spiro atoms. The van der Waals surface area contributed by atoms with Crippen LogP contribution in [0.5, 0.6) is 0 Å². The van der Waals surface area contributed by atoms with E-state index in [1.165, 1.54) is 0 Å². The highest BCUT2D eigenvalue weighted by atomic mass is 16.3. The second-order valence-corrected chi connectivity index (χ2v) is 4.95. The van der Waals surface area contributed by atoms with Crippen LogP contribution >= 0.6 is 0 Å². The summed E-state index contributed by atoms with van der Waals surface area (Å²) in [5.74, 6) is 0. The average molecular weight is 261 g/mol. The minimum absolute atomic E-state index is 0.0299. The first kappa shape index (κ1) is 11.2. The quantitative estimate of drug-likeness (QED) is 0.357. The normalized spacial score (nSPS) is 11.4. The van der Waals surface area contributed by atoms with Crippen molar-refractivity contribution in [1.29, 1.82) is 0 Å². The Bertz CT molecular complexity index is 1030. The molecule has 0 aliphatic rings. The molecular formula is C17H11NO2. The molecule has 2 aromatic heterocycles. The van der Waals surface area contributed by atoms with E-state index >= 15 is 0 Å². The monoisotopic (exact) mass is 261 g/mol. The average Bonchev–Trinajstić information content (AvgIpc) is 2.47. The zero-order valence-electron chi connectivity index (χ0n) is 10.9. The number of benzene rings is 2. The summed E-state index contributed by atoms with van der Waals surface area (Å²) in [5.41, 5.74) is 3.14. The van der Waals surface area contributed by atoms with Gasteiger partial charge in [-0.1, -0.05) is 23.8 Å². The predicted octanol–water partition coefficient (Wildman–Crippen LogP) is 3.80. The molecule has 2 heterocycles. The Labute approximate surface area is 114 Å². The second kappa shape index (κ2) is 3.90. The molecule has 0 atom stereocenters. The van der Waals surface area contributed by atoms with Gasteiger partial charge in [0.15, 0.2) is 0 Å². The number of hydrogen-bond donors (Lipinski definition) is 0. The van der Waals surface area contributed by atoms with Crippen LogP contribution in [0.15, 0.2) is 57.9 Å². The van der Waals surface area contributed by atoms with Crippen molar-refractivity contribution >= 4 is 32.8 Å². The van der Waals surface area contributed by atoms with Gasteiger partial charge in [-0.15, -0.1) is 0 Å². The lowest BCUT2D eigenvalue weighted by Crippen LogP contribution is -2.02. The largest absolute Gasteiger partial charge is 0.455 e. The Balaban J connectivity index is 2.33. The number of para-hydroxylation sites is 1. The van der Waals surface area contributed by atoms with Crippen LogP contribution in [0.1, 0.15) is 5.56 Å². The number of aryl methyl sites for hydroxylation is 1. The summed E-state index contributed by atoms with van der Waals surface area (Å²) < 4.78 is 5.96. The molecule has 96 valence electrons. The molecule has 0 amide bonds. The van der Waals surface area contributed by atoms with Crippen LogP contribution in [-0.4, -0.2) is 4.98 Å². The van der Waals surface area contributed by atoms with Crippen molar-refractivity contribution in [2.45, 2.75) is 6.92 Å². The molecule has 0 saturated heterocycles. The summed E-state index contributed by atoms with van der Waals surface area (Å²) in [6, 6.07) is 13.2. The van der Waals surface area contributed by atoms with Gasteiger partial charge in [-0.3, -0.25) is 9.78 Å². The molecule has 0 unspecified atom stereocenters. The van der Waals surface area contributed by atoms with Gasteiger partial charge in [-0.2, -0.15) is 0 Å². The van der Waals surface area contributed by atoms with Crippen molar-refractivity contribution in [3.63, 3.8) is 0 Å². The smallest absolute Gasteiger partial charge is 0.202 e. The van der Waals surface area contributed by atoms with Gasteiger partial charge in [0.25, 0.3) is 0 Å². The molecule has 0 aliphatic carbocycles.